The summed E-state index contributed by atoms with van der Waals surface area (Å²) in [6, 6.07) is -0.803. The molecule has 0 saturated heterocycles. The van der Waals surface area contributed by atoms with Crippen LogP contribution in [-0.2, 0) is 18.4 Å². The summed E-state index contributed by atoms with van der Waals surface area (Å²) in [6.45, 7) is 4.65. The Morgan fingerprint density at radius 2 is 0.726 bits per heavy atom. The number of amides is 1. The summed E-state index contributed by atoms with van der Waals surface area (Å²) in [7, 11) is 1.32. The molecule has 3 unspecified atom stereocenters. The molecule has 84 heavy (non-hydrogen) atoms. The molecule has 0 heterocycles. The van der Waals surface area contributed by atoms with Gasteiger partial charge in [-0.05, 0) is 64.2 Å². The minimum atomic E-state index is -4.58. The van der Waals surface area contributed by atoms with Crippen LogP contribution in [0.5, 0.6) is 0 Å². The lowest BCUT2D eigenvalue weighted by Crippen LogP contribution is -2.46. The van der Waals surface area contributed by atoms with E-state index in [2.05, 4.69) is 92.1 Å². The fraction of sp³-hybridized carbons (Fsp3) is 0.827. The predicted molar refractivity (Wildman–Crippen MR) is 367 cm³/mol. The summed E-state index contributed by atoms with van der Waals surface area (Å²) in [4.78, 5) is 25.7. The van der Waals surface area contributed by atoms with E-state index in [4.69, 9.17) is 9.05 Å². The number of hydrogen-bond acceptors (Lipinski definition) is 6. The molecular formula is C75H141N2O6P. The van der Waals surface area contributed by atoms with E-state index in [9.17, 15) is 19.4 Å². The average molecular weight is 1200 g/mol. The van der Waals surface area contributed by atoms with Gasteiger partial charge >= 0.3 is 0 Å². The van der Waals surface area contributed by atoms with Crippen molar-refractivity contribution in [3.05, 3.63) is 72.9 Å². The Labute approximate surface area is 523 Å². The number of unbranched alkanes of at least 4 members (excludes halogenated alkanes) is 42. The fourth-order valence-corrected chi connectivity index (χ4v) is 11.6. The molecule has 0 aliphatic carbocycles. The Kier molecular flexibility index (Phi) is 63.8. The number of rotatable bonds is 67. The van der Waals surface area contributed by atoms with Gasteiger partial charge in [-0.15, -0.1) is 0 Å². The third kappa shape index (κ3) is 67.4. The van der Waals surface area contributed by atoms with Gasteiger partial charge < -0.3 is 28.8 Å². The van der Waals surface area contributed by atoms with Crippen LogP contribution in [0.3, 0.4) is 0 Å². The molecule has 0 aliphatic heterocycles. The van der Waals surface area contributed by atoms with Crippen molar-refractivity contribution in [1.29, 1.82) is 0 Å². The summed E-state index contributed by atoms with van der Waals surface area (Å²) in [6.07, 6.45) is 91.3. The van der Waals surface area contributed by atoms with Crippen molar-refractivity contribution in [2.24, 2.45) is 0 Å². The molecule has 0 bridgehead atoms. The number of nitrogens with zero attached hydrogens (tertiary/aromatic N) is 1. The lowest BCUT2D eigenvalue weighted by Gasteiger charge is -2.30. The number of aliphatic hydroxyl groups is 1. The van der Waals surface area contributed by atoms with Gasteiger partial charge in [-0.1, -0.05) is 350 Å². The molecule has 0 spiro atoms. The molecule has 9 heteroatoms. The lowest BCUT2D eigenvalue weighted by molar-refractivity contribution is -0.870. The first kappa shape index (κ1) is 81.9. The first-order valence-electron chi connectivity index (χ1n) is 36.3. The number of phosphoric ester groups is 1. The van der Waals surface area contributed by atoms with Gasteiger partial charge in [-0.3, -0.25) is 9.36 Å². The van der Waals surface area contributed by atoms with Crippen LogP contribution < -0.4 is 10.2 Å². The minimum absolute atomic E-state index is 0.0129. The molecule has 1 amide bonds. The normalized spacial score (nSPS) is 14.0. The molecule has 8 nitrogen and oxygen atoms in total. The first-order chi connectivity index (χ1) is 41.0. The van der Waals surface area contributed by atoms with Crippen LogP contribution in [0.15, 0.2) is 72.9 Å². The first-order valence-corrected chi connectivity index (χ1v) is 37.7. The molecule has 0 saturated carbocycles. The zero-order valence-corrected chi connectivity index (χ0v) is 57.3. The monoisotopic (exact) mass is 1200 g/mol. The highest BCUT2D eigenvalue weighted by atomic mass is 31.2. The van der Waals surface area contributed by atoms with E-state index < -0.39 is 20.0 Å². The smallest absolute Gasteiger partial charge is 0.268 e. The van der Waals surface area contributed by atoms with Crippen molar-refractivity contribution in [3.63, 3.8) is 0 Å². The van der Waals surface area contributed by atoms with Crippen molar-refractivity contribution in [2.45, 2.75) is 360 Å². The Morgan fingerprint density at radius 1 is 0.429 bits per heavy atom. The second-order valence-electron chi connectivity index (χ2n) is 25.9. The van der Waals surface area contributed by atoms with Crippen molar-refractivity contribution < 1.29 is 32.9 Å². The maximum Gasteiger partial charge on any atom is 0.268 e. The number of carbonyl (C=O) groups is 1. The summed E-state index contributed by atoms with van der Waals surface area (Å²) < 4.78 is 23.5. The van der Waals surface area contributed by atoms with Crippen LogP contribution in [0.2, 0.25) is 0 Å². The summed E-state index contributed by atoms with van der Waals surface area (Å²) >= 11 is 0. The average Bonchev–Trinajstić information content (AvgIpc) is 3.56. The highest BCUT2D eigenvalue weighted by Gasteiger charge is 2.24. The molecule has 0 fully saturated rings. The highest BCUT2D eigenvalue weighted by Crippen LogP contribution is 2.38. The molecule has 0 rings (SSSR count). The molecule has 0 aromatic carbocycles. The molecule has 0 radical (unpaired) electrons. The molecule has 0 aromatic rings. The molecule has 2 N–H and O–H groups in total. The predicted octanol–water partition coefficient (Wildman–Crippen LogP) is 22.7. The van der Waals surface area contributed by atoms with Crippen LogP contribution >= 0.6 is 7.82 Å². The Bertz CT molecular complexity index is 1600. The van der Waals surface area contributed by atoms with Gasteiger partial charge in [0.15, 0.2) is 0 Å². The number of quaternary nitrogens is 1. The van der Waals surface area contributed by atoms with Crippen molar-refractivity contribution in [1.82, 2.24) is 5.32 Å². The van der Waals surface area contributed by atoms with E-state index in [1.54, 1.807) is 0 Å². The number of carbonyl (C=O) groups excluding carboxylic acids is 1. The van der Waals surface area contributed by atoms with Crippen molar-refractivity contribution in [2.75, 3.05) is 40.9 Å². The highest BCUT2D eigenvalue weighted by molar-refractivity contribution is 7.45. The van der Waals surface area contributed by atoms with E-state index in [0.29, 0.717) is 23.9 Å². The molecule has 0 aromatic heterocycles. The topological polar surface area (TPSA) is 108 Å². The molecule has 3 atom stereocenters. The van der Waals surface area contributed by atoms with Crippen LogP contribution in [-0.4, -0.2) is 68.5 Å². The fourth-order valence-electron chi connectivity index (χ4n) is 10.9. The van der Waals surface area contributed by atoms with Crippen molar-refractivity contribution >= 4 is 13.7 Å². The quantitative estimate of drug-likeness (QED) is 0.0272. The van der Waals surface area contributed by atoms with Gasteiger partial charge in [0.2, 0.25) is 5.91 Å². The second kappa shape index (κ2) is 65.4. The Hall–Kier alpha value is -2.06. The van der Waals surface area contributed by atoms with Gasteiger partial charge in [0.25, 0.3) is 7.82 Å². The summed E-state index contributed by atoms with van der Waals surface area (Å²) in [5.74, 6) is -0.159. The largest absolute Gasteiger partial charge is 0.756 e. The van der Waals surface area contributed by atoms with Gasteiger partial charge in [-0.2, -0.15) is 0 Å². The van der Waals surface area contributed by atoms with Gasteiger partial charge in [-0.25, -0.2) is 0 Å². The number of allylic oxidation sites excluding steroid dienone is 12. The maximum atomic E-state index is 13.1. The van der Waals surface area contributed by atoms with Crippen LogP contribution in [0.4, 0.5) is 0 Å². The number of aliphatic hydroxyl groups excluding tert-OH is 1. The van der Waals surface area contributed by atoms with Crippen molar-refractivity contribution in [3.8, 4) is 0 Å². The summed E-state index contributed by atoms with van der Waals surface area (Å²) in [5.41, 5.74) is 0. The van der Waals surface area contributed by atoms with Crippen LogP contribution in [0.25, 0.3) is 0 Å². The second-order valence-corrected chi connectivity index (χ2v) is 27.3. The number of hydrogen-bond donors (Lipinski definition) is 2. The number of nitrogens with one attached hydrogen (secondary N) is 1. The Balaban J connectivity index is 3.96. The number of phosphoric acid groups is 1. The standard InChI is InChI=1S/C75H141N2O6P/c1-6-8-10-12-14-16-18-20-22-24-26-28-30-31-32-33-34-35-36-37-38-39-40-41-42-43-44-45-47-49-51-53-55-57-59-61-63-65-67-69-75(79)76-73(72-83-84(80,81)82-71-70-77(3,4)5)74(78)68-66-64-62-60-58-56-54-52-50-48-46-29-27-25-23-21-19-17-15-13-11-9-7-2/h8,10,14,16,20,22,26,28,31-32,34-35,73-74,78H,6-7,9,11-13,15,17-19,21,23-25,27,29-30,33,36-72H2,1-5H3,(H-,76,79,80,81)/b10-8-,16-14-,22-20-,28-26-,32-31-,35-34-. The third-order valence-corrected chi connectivity index (χ3v) is 17.4. The summed E-state index contributed by atoms with van der Waals surface area (Å²) in [5, 5.41) is 14.1. The van der Waals surface area contributed by atoms with Gasteiger partial charge in [0, 0.05) is 6.42 Å². The lowest BCUT2D eigenvalue weighted by atomic mass is 10.0. The molecular weight excluding hydrogens is 1060 g/mol. The minimum Gasteiger partial charge on any atom is -0.756 e. The van der Waals surface area contributed by atoms with E-state index in [-0.39, 0.29) is 19.1 Å². The van der Waals surface area contributed by atoms with Gasteiger partial charge in [0.1, 0.15) is 13.2 Å². The molecule has 492 valence electrons. The maximum absolute atomic E-state index is 13.1. The number of likely N-dealkylation sites (N-methyl/N-ethyl adjacent to an activating group) is 1. The SMILES string of the molecule is CC/C=C\C/C=C\C/C=C\C/C=C\C/C=C\C/C=C\CCCCCCCCCCCCCCCCCCCCCCC(=O)NC(COP(=O)([O-])OCC[N+](C)(C)C)C(O)CCCCCCCCCCCCCCCCCCCCCCCCC. The van der Waals surface area contributed by atoms with E-state index in [1.807, 2.05) is 21.1 Å². The zero-order valence-electron chi connectivity index (χ0n) is 56.4. The van der Waals surface area contributed by atoms with Crippen LogP contribution in [0, 0.1) is 0 Å². The van der Waals surface area contributed by atoms with Crippen LogP contribution in [0.1, 0.15) is 348 Å². The molecule has 0 aliphatic rings. The van der Waals surface area contributed by atoms with Gasteiger partial charge in [0.05, 0.1) is 39.9 Å². The zero-order chi connectivity index (χ0) is 61.2. The third-order valence-electron chi connectivity index (χ3n) is 16.5. The Morgan fingerprint density at radius 3 is 1.06 bits per heavy atom. The van der Waals surface area contributed by atoms with E-state index in [0.717, 1.165) is 77.0 Å². The van der Waals surface area contributed by atoms with E-state index >= 15 is 0 Å². The van der Waals surface area contributed by atoms with E-state index in [1.165, 1.54) is 244 Å².